The first-order valence-corrected chi connectivity index (χ1v) is 8.14. The second-order valence-corrected chi connectivity index (χ2v) is 7.54. The number of hydroxylamine groups is 1. The van der Waals surface area contributed by atoms with Crippen molar-refractivity contribution in [3.8, 4) is 5.75 Å². The monoisotopic (exact) mass is 338 g/mol. The van der Waals surface area contributed by atoms with E-state index in [1.54, 1.807) is 6.07 Å². The number of nitrogens with one attached hydrogen (secondary N) is 1. The van der Waals surface area contributed by atoms with E-state index in [0.717, 1.165) is 12.0 Å². The van der Waals surface area contributed by atoms with Gasteiger partial charge in [-0.25, -0.2) is 15.7 Å². The van der Waals surface area contributed by atoms with Crippen molar-refractivity contribution in [2.24, 2.45) is 16.8 Å². The van der Waals surface area contributed by atoms with E-state index >= 15 is 0 Å². The van der Waals surface area contributed by atoms with Gasteiger partial charge in [0.1, 0.15) is 5.75 Å². The number of aliphatic imine (C=N–C) groups is 1. The van der Waals surface area contributed by atoms with E-state index in [2.05, 4.69) is 12.2 Å². The third kappa shape index (κ3) is 2.98. The number of ether oxygens (including phenoxy) is 1. The first-order chi connectivity index (χ1) is 10.7. The Labute approximate surface area is 141 Å². The van der Waals surface area contributed by atoms with Crippen LogP contribution < -0.4 is 15.9 Å². The van der Waals surface area contributed by atoms with Gasteiger partial charge in [0.15, 0.2) is 0 Å². The lowest BCUT2D eigenvalue weighted by Gasteiger charge is -2.30. The molecular weight excluding hydrogens is 316 g/mol. The normalized spacial score (nSPS) is 27.3. The number of hydrazine groups is 1. The number of hydrogen-bond donors (Lipinski definition) is 2. The lowest BCUT2D eigenvalue weighted by atomic mass is 9.89. The van der Waals surface area contributed by atoms with Crippen molar-refractivity contribution in [1.82, 2.24) is 10.5 Å². The number of nitrogens with two attached hydrogens (primary N) is 1. The van der Waals surface area contributed by atoms with Crippen LogP contribution in [-0.2, 0) is 10.6 Å². The van der Waals surface area contributed by atoms with Gasteiger partial charge in [-0.15, -0.1) is 5.17 Å². The second-order valence-electron chi connectivity index (χ2n) is 7.10. The average molecular weight is 339 g/mol. The fourth-order valence-electron chi connectivity index (χ4n) is 2.87. The molecule has 3 N–H and O–H groups in total. The predicted octanol–water partition coefficient (Wildman–Crippen LogP) is 2.78. The van der Waals surface area contributed by atoms with E-state index in [0.29, 0.717) is 23.3 Å². The number of nitrogens with zero attached hydrogens (tertiary/aromatic N) is 2. The summed E-state index contributed by atoms with van der Waals surface area (Å²) in [7, 11) is 0. The molecule has 2 atom stereocenters. The Balaban J connectivity index is 2.09. The van der Waals surface area contributed by atoms with Crippen molar-refractivity contribution < 1.29 is 9.57 Å². The van der Waals surface area contributed by atoms with E-state index in [-0.39, 0.29) is 11.5 Å². The van der Waals surface area contributed by atoms with Crippen LogP contribution >= 0.6 is 11.6 Å². The quantitative estimate of drug-likeness (QED) is 0.712. The van der Waals surface area contributed by atoms with E-state index in [4.69, 9.17) is 32.0 Å². The summed E-state index contributed by atoms with van der Waals surface area (Å²) in [5, 5.41) is 5.11. The number of guanidine groups is 1. The summed E-state index contributed by atoms with van der Waals surface area (Å²) in [5.74, 6) is 7.33. The van der Waals surface area contributed by atoms with E-state index in [9.17, 15) is 0 Å². The predicted molar refractivity (Wildman–Crippen MR) is 89.8 cm³/mol. The zero-order valence-electron chi connectivity index (χ0n) is 13.9. The highest BCUT2D eigenvalue weighted by Gasteiger charge is 2.50. The summed E-state index contributed by atoms with van der Waals surface area (Å²) in [4.78, 5) is 10.8. The highest BCUT2D eigenvalue weighted by Crippen LogP contribution is 2.47. The molecule has 0 fully saturated rings. The lowest BCUT2D eigenvalue weighted by Crippen LogP contribution is -2.50. The minimum absolute atomic E-state index is 0.0928. The smallest absolute Gasteiger partial charge is 0.237 e. The summed E-state index contributed by atoms with van der Waals surface area (Å²) in [6, 6.07) is 5.51. The Hall–Kier alpha value is -1.50. The molecule has 2 unspecified atom stereocenters. The van der Waals surface area contributed by atoms with Crippen molar-refractivity contribution in [3.63, 3.8) is 0 Å². The SMILES string of the molecule is CC1CCOc2cc(Cl)ccc2C12N=C(NC(C)(C)C)N(N)O2. The zero-order chi connectivity index (χ0) is 16.8. The number of rotatable bonds is 0. The van der Waals surface area contributed by atoms with Gasteiger partial charge in [0.05, 0.1) is 12.2 Å². The van der Waals surface area contributed by atoms with E-state index in [1.165, 1.54) is 5.17 Å². The molecule has 3 rings (SSSR count). The first kappa shape index (κ1) is 16.4. The van der Waals surface area contributed by atoms with Crippen LogP contribution in [0.1, 0.15) is 39.7 Å². The fraction of sp³-hybridized carbons (Fsp3) is 0.562. The molecule has 126 valence electrons. The van der Waals surface area contributed by atoms with Gasteiger partial charge in [-0.05, 0) is 45.4 Å². The third-order valence-electron chi connectivity index (χ3n) is 4.01. The highest BCUT2D eigenvalue weighted by molar-refractivity contribution is 6.30. The molecular formula is C16H23ClN4O2. The van der Waals surface area contributed by atoms with Crippen LogP contribution in [0.15, 0.2) is 23.2 Å². The van der Waals surface area contributed by atoms with Crippen LogP contribution in [0.4, 0.5) is 0 Å². The van der Waals surface area contributed by atoms with E-state index < -0.39 is 5.72 Å². The molecule has 2 aliphatic heterocycles. The maximum Gasteiger partial charge on any atom is 0.237 e. The van der Waals surface area contributed by atoms with Crippen LogP contribution in [0.25, 0.3) is 0 Å². The number of hydrogen-bond acceptors (Lipinski definition) is 6. The van der Waals surface area contributed by atoms with Gasteiger partial charge in [-0.2, -0.15) is 0 Å². The van der Waals surface area contributed by atoms with Crippen LogP contribution in [-0.4, -0.2) is 23.3 Å². The van der Waals surface area contributed by atoms with Gasteiger partial charge in [0.2, 0.25) is 11.7 Å². The highest BCUT2D eigenvalue weighted by atomic mass is 35.5. The Morgan fingerprint density at radius 2 is 2.17 bits per heavy atom. The maximum atomic E-state index is 6.10. The average Bonchev–Trinajstić information content (AvgIpc) is 2.68. The van der Waals surface area contributed by atoms with Crippen LogP contribution in [0.2, 0.25) is 5.02 Å². The largest absolute Gasteiger partial charge is 0.493 e. The number of benzene rings is 1. The second kappa shape index (κ2) is 5.54. The van der Waals surface area contributed by atoms with Crippen molar-refractivity contribution in [3.05, 3.63) is 28.8 Å². The first-order valence-electron chi connectivity index (χ1n) is 7.76. The summed E-state index contributed by atoms with van der Waals surface area (Å²) in [6.45, 7) is 8.80. The fourth-order valence-corrected chi connectivity index (χ4v) is 3.03. The van der Waals surface area contributed by atoms with Gasteiger partial charge in [0, 0.05) is 16.5 Å². The minimum Gasteiger partial charge on any atom is -0.493 e. The molecule has 7 heteroatoms. The Morgan fingerprint density at radius 3 is 2.87 bits per heavy atom. The standard InChI is InChI=1S/C16H23ClN4O2/c1-10-7-8-22-13-9-11(17)5-6-12(13)16(10)20-14(21(18)23-16)19-15(2,3)4/h5-6,9-10H,7-8,18H2,1-4H3,(H,19,20). The molecule has 0 amide bonds. The zero-order valence-corrected chi connectivity index (χ0v) is 14.6. The molecule has 2 heterocycles. The molecule has 1 aromatic carbocycles. The number of fused-ring (bicyclic) bond motifs is 2. The summed E-state index contributed by atoms with van der Waals surface area (Å²) in [5.41, 5.74) is -0.245. The molecule has 23 heavy (non-hydrogen) atoms. The summed E-state index contributed by atoms with van der Waals surface area (Å²) < 4.78 is 5.84. The van der Waals surface area contributed by atoms with Crippen molar-refractivity contribution >= 4 is 17.6 Å². The maximum absolute atomic E-state index is 6.10. The van der Waals surface area contributed by atoms with Crippen LogP contribution in [0.5, 0.6) is 5.75 Å². The van der Waals surface area contributed by atoms with Crippen molar-refractivity contribution in [1.29, 1.82) is 0 Å². The lowest BCUT2D eigenvalue weighted by molar-refractivity contribution is -0.209. The van der Waals surface area contributed by atoms with Crippen LogP contribution in [0, 0.1) is 5.92 Å². The number of halogens is 1. The molecule has 0 bridgehead atoms. The van der Waals surface area contributed by atoms with Crippen LogP contribution in [0.3, 0.4) is 0 Å². The summed E-state index contributed by atoms with van der Waals surface area (Å²) in [6.07, 6.45) is 0.798. The van der Waals surface area contributed by atoms with Crippen molar-refractivity contribution in [2.45, 2.75) is 45.4 Å². The van der Waals surface area contributed by atoms with Gasteiger partial charge in [-0.3, -0.25) is 0 Å². The third-order valence-corrected chi connectivity index (χ3v) is 4.25. The molecule has 6 nitrogen and oxygen atoms in total. The molecule has 1 spiro atoms. The minimum atomic E-state index is -0.904. The Bertz CT molecular complexity index is 643. The van der Waals surface area contributed by atoms with Gasteiger partial charge < -0.3 is 10.1 Å². The van der Waals surface area contributed by atoms with Gasteiger partial charge in [-0.1, -0.05) is 18.5 Å². The molecule has 0 radical (unpaired) electrons. The summed E-state index contributed by atoms with van der Waals surface area (Å²) >= 11 is 6.10. The Kier molecular flexibility index (Phi) is 3.94. The van der Waals surface area contributed by atoms with Gasteiger partial charge in [0.25, 0.3) is 0 Å². The molecule has 1 aromatic rings. The molecule has 0 aliphatic carbocycles. The molecule has 0 saturated heterocycles. The van der Waals surface area contributed by atoms with Crippen molar-refractivity contribution in [2.75, 3.05) is 6.61 Å². The molecule has 0 aromatic heterocycles. The van der Waals surface area contributed by atoms with E-state index in [1.807, 2.05) is 32.9 Å². The molecule has 2 aliphatic rings. The topological polar surface area (TPSA) is 72.1 Å². The van der Waals surface area contributed by atoms with Gasteiger partial charge >= 0.3 is 0 Å². The Morgan fingerprint density at radius 1 is 1.43 bits per heavy atom. The molecule has 0 saturated carbocycles.